The summed E-state index contributed by atoms with van der Waals surface area (Å²) in [6.07, 6.45) is 0. The molecule has 0 aliphatic rings. The molecule has 0 saturated heterocycles. The first-order valence-corrected chi connectivity index (χ1v) is 8.56. The molecule has 0 aliphatic heterocycles. The maximum absolute atomic E-state index is 6.51. The van der Waals surface area contributed by atoms with E-state index in [1.54, 1.807) is 0 Å². The highest BCUT2D eigenvalue weighted by atomic mass is 79.9. The van der Waals surface area contributed by atoms with Crippen molar-refractivity contribution in [1.82, 2.24) is 0 Å². The summed E-state index contributed by atoms with van der Waals surface area (Å²) in [5, 5.41) is 0. The molecule has 22 heavy (non-hydrogen) atoms. The van der Waals surface area contributed by atoms with Gasteiger partial charge in [0.2, 0.25) is 0 Å². The van der Waals surface area contributed by atoms with E-state index < -0.39 is 0 Å². The normalized spacial score (nSPS) is 10.7. The van der Waals surface area contributed by atoms with Crippen molar-refractivity contribution in [2.75, 3.05) is 5.73 Å². The summed E-state index contributed by atoms with van der Waals surface area (Å²) in [6.45, 7) is 2.10. The number of hydrogen-bond donors (Lipinski definition) is 1. The molecule has 3 rings (SSSR count). The Bertz CT molecular complexity index is 774. The highest BCUT2D eigenvalue weighted by Crippen LogP contribution is 2.40. The lowest BCUT2D eigenvalue weighted by molar-refractivity contribution is 1.45. The Hall–Kier alpha value is -1.58. The summed E-state index contributed by atoms with van der Waals surface area (Å²) in [7, 11) is 0. The fraction of sp³-hybridized carbons (Fsp3) is 0.0526. The third kappa shape index (κ3) is 2.83. The van der Waals surface area contributed by atoms with Crippen LogP contribution in [0.2, 0.25) is 0 Å². The second-order valence-electron chi connectivity index (χ2n) is 5.23. The van der Waals surface area contributed by atoms with Crippen molar-refractivity contribution in [2.24, 2.45) is 0 Å². The molecule has 0 bridgehead atoms. The summed E-state index contributed by atoms with van der Waals surface area (Å²) < 4.78 is 2.09. The highest BCUT2D eigenvalue weighted by Gasteiger charge is 2.13. The zero-order valence-corrected chi connectivity index (χ0v) is 15.3. The molecule has 3 heteroatoms. The topological polar surface area (TPSA) is 26.0 Å². The van der Waals surface area contributed by atoms with E-state index in [0.717, 1.165) is 36.9 Å². The quantitative estimate of drug-likeness (QED) is 0.478. The zero-order valence-electron chi connectivity index (χ0n) is 12.1. The van der Waals surface area contributed by atoms with Crippen LogP contribution in [0.4, 0.5) is 5.69 Å². The van der Waals surface area contributed by atoms with Gasteiger partial charge in [0.1, 0.15) is 0 Å². The Labute approximate surface area is 147 Å². The number of nitrogen functional groups attached to an aromatic ring is 1. The summed E-state index contributed by atoms with van der Waals surface area (Å²) in [6, 6.07) is 20.6. The number of halogens is 2. The fourth-order valence-electron chi connectivity index (χ4n) is 2.60. The molecule has 0 unspecified atom stereocenters. The minimum Gasteiger partial charge on any atom is -0.398 e. The third-order valence-corrected chi connectivity index (χ3v) is 5.04. The van der Waals surface area contributed by atoms with Crippen LogP contribution in [0.5, 0.6) is 0 Å². The van der Waals surface area contributed by atoms with Crippen molar-refractivity contribution in [3.63, 3.8) is 0 Å². The predicted octanol–water partition coefficient (Wildman–Crippen LogP) is 6.44. The number of nitrogens with two attached hydrogens (primary N) is 1. The van der Waals surface area contributed by atoms with Gasteiger partial charge < -0.3 is 5.73 Å². The van der Waals surface area contributed by atoms with Gasteiger partial charge in [0.15, 0.2) is 0 Å². The molecular formula is C19H15Br2N. The Balaban J connectivity index is 2.28. The monoisotopic (exact) mass is 415 g/mol. The first-order valence-electron chi connectivity index (χ1n) is 6.98. The maximum atomic E-state index is 6.51. The van der Waals surface area contributed by atoms with Crippen LogP contribution in [0.3, 0.4) is 0 Å². The Morgan fingerprint density at radius 1 is 0.682 bits per heavy atom. The van der Waals surface area contributed by atoms with E-state index in [2.05, 4.69) is 63.0 Å². The molecule has 0 saturated carbocycles. The van der Waals surface area contributed by atoms with Gasteiger partial charge in [0.05, 0.1) is 0 Å². The summed E-state index contributed by atoms with van der Waals surface area (Å²) in [4.78, 5) is 0. The molecule has 0 radical (unpaired) electrons. The van der Waals surface area contributed by atoms with Crippen molar-refractivity contribution in [2.45, 2.75) is 6.92 Å². The van der Waals surface area contributed by atoms with E-state index in [0.29, 0.717) is 0 Å². The lowest BCUT2D eigenvalue weighted by atomic mass is 9.94. The van der Waals surface area contributed by atoms with Crippen molar-refractivity contribution in [3.8, 4) is 22.3 Å². The van der Waals surface area contributed by atoms with Gasteiger partial charge >= 0.3 is 0 Å². The molecule has 0 aromatic heterocycles. The van der Waals surface area contributed by atoms with Crippen LogP contribution >= 0.6 is 31.9 Å². The van der Waals surface area contributed by atoms with Crippen LogP contribution in [0.15, 0.2) is 69.6 Å². The standard InChI is InChI=1S/C19H15Br2N/c1-12-10-15(13-6-2-4-8-17(13)20)19(22)16(11-12)14-7-3-5-9-18(14)21/h2-11H,22H2,1H3. The number of aryl methyl sites for hydroxylation is 1. The van der Waals surface area contributed by atoms with Crippen molar-refractivity contribution in [1.29, 1.82) is 0 Å². The lowest BCUT2D eigenvalue weighted by Gasteiger charge is -2.15. The van der Waals surface area contributed by atoms with E-state index in [1.807, 2.05) is 36.4 Å². The van der Waals surface area contributed by atoms with Crippen LogP contribution in [-0.4, -0.2) is 0 Å². The molecule has 1 nitrogen and oxygen atoms in total. The van der Waals surface area contributed by atoms with Crippen LogP contribution in [0.1, 0.15) is 5.56 Å². The van der Waals surface area contributed by atoms with Crippen molar-refractivity contribution in [3.05, 3.63) is 75.2 Å². The number of benzene rings is 3. The van der Waals surface area contributed by atoms with Crippen molar-refractivity contribution < 1.29 is 0 Å². The summed E-state index contributed by atoms with van der Waals surface area (Å²) in [5.74, 6) is 0. The number of rotatable bonds is 2. The van der Waals surface area contributed by atoms with Gasteiger partial charge in [0.25, 0.3) is 0 Å². The molecule has 3 aromatic carbocycles. The van der Waals surface area contributed by atoms with Gasteiger partial charge in [-0.2, -0.15) is 0 Å². The predicted molar refractivity (Wildman–Crippen MR) is 102 cm³/mol. The first-order chi connectivity index (χ1) is 10.6. The molecule has 0 aliphatic carbocycles. The molecule has 2 N–H and O–H groups in total. The van der Waals surface area contributed by atoms with Gasteiger partial charge in [-0.05, 0) is 47.9 Å². The summed E-state index contributed by atoms with van der Waals surface area (Å²) >= 11 is 7.24. The second-order valence-corrected chi connectivity index (χ2v) is 6.94. The molecule has 0 amide bonds. The van der Waals surface area contributed by atoms with Crippen LogP contribution in [0.25, 0.3) is 22.3 Å². The molecule has 0 atom stereocenters. The van der Waals surface area contributed by atoms with Gasteiger partial charge in [-0.3, -0.25) is 0 Å². The number of anilines is 1. The van der Waals surface area contributed by atoms with E-state index in [-0.39, 0.29) is 0 Å². The average molecular weight is 417 g/mol. The molecule has 0 spiro atoms. The molecule has 0 heterocycles. The van der Waals surface area contributed by atoms with Crippen LogP contribution in [-0.2, 0) is 0 Å². The van der Waals surface area contributed by atoms with Crippen LogP contribution in [0, 0.1) is 6.92 Å². The second kappa shape index (κ2) is 6.27. The fourth-order valence-corrected chi connectivity index (χ4v) is 3.60. The average Bonchev–Trinajstić information content (AvgIpc) is 2.51. The zero-order chi connectivity index (χ0) is 15.7. The highest BCUT2D eigenvalue weighted by molar-refractivity contribution is 9.11. The van der Waals surface area contributed by atoms with Crippen LogP contribution < -0.4 is 5.73 Å². The summed E-state index contributed by atoms with van der Waals surface area (Å²) in [5.41, 5.74) is 12.8. The van der Waals surface area contributed by atoms with Gasteiger partial charge in [-0.1, -0.05) is 68.3 Å². The van der Waals surface area contributed by atoms with Gasteiger partial charge in [0, 0.05) is 25.8 Å². The minimum absolute atomic E-state index is 0.796. The van der Waals surface area contributed by atoms with Gasteiger partial charge in [-0.25, -0.2) is 0 Å². The largest absolute Gasteiger partial charge is 0.398 e. The SMILES string of the molecule is Cc1cc(-c2ccccc2Br)c(N)c(-c2ccccc2Br)c1. The Morgan fingerprint density at radius 2 is 1.09 bits per heavy atom. The number of hydrogen-bond acceptors (Lipinski definition) is 1. The Morgan fingerprint density at radius 3 is 1.50 bits per heavy atom. The van der Waals surface area contributed by atoms with E-state index in [4.69, 9.17) is 5.73 Å². The molecule has 3 aromatic rings. The van der Waals surface area contributed by atoms with E-state index >= 15 is 0 Å². The molecule has 110 valence electrons. The smallest absolute Gasteiger partial charge is 0.0474 e. The van der Waals surface area contributed by atoms with E-state index in [9.17, 15) is 0 Å². The third-order valence-electron chi connectivity index (χ3n) is 3.65. The Kier molecular flexibility index (Phi) is 4.37. The minimum atomic E-state index is 0.796. The molecule has 0 fully saturated rings. The molecular weight excluding hydrogens is 402 g/mol. The van der Waals surface area contributed by atoms with Crippen molar-refractivity contribution >= 4 is 37.5 Å². The van der Waals surface area contributed by atoms with E-state index in [1.165, 1.54) is 5.56 Å². The van der Waals surface area contributed by atoms with Gasteiger partial charge in [-0.15, -0.1) is 0 Å². The first kappa shape index (κ1) is 15.3. The maximum Gasteiger partial charge on any atom is 0.0474 e. The lowest BCUT2D eigenvalue weighted by Crippen LogP contribution is -1.96.